The van der Waals surface area contributed by atoms with Crippen LogP contribution in [-0.4, -0.2) is 100.0 Å². The molecule has 0 spiro atoms. The lowest BCUT2D eigenvalue weighted by Crippen LogP contribution is -2.52. The van der Waals surface area contributed by atoms with Crippen LogP contribution in [0.1, 0.15) is 24.0 Å². The first-order chi connectivity index (χ1) is 21.2. The van der Waals surface area contributed by atoms with Crippen LogP contribution in [0, 0.1) is 0 Å². The molecule has 0 aliphatic carbocycles. The van der Waals surface area contributed by atoms with Gasteiger partial charge in [0.1, 0.15) is 10.8 Å². The Balaban J connectivity index is 1.08. The van der Waals surface area contributed by atoms with Crippen molar-refractivity contribution >= 4 is 56.1 Å². The van der Waals surface area contributed by atoms with Crippen LogP contribution in [0.5, 0.6) is 5.75 Å². The van der Waals surface area contributed by atoms with Gasteiger partial charge in [0.05, 0.1) is 36.1 Å². The number of fused-ring (bicyclic) bond motifs is 2. The molecule has 0 amide bonds. The average molecular weight is 639 g/mol. The number of aromatic nitrogens is 2. The highest BCUT2D eigenvalue weighted by Gasteiger charge is 2.31. The minimum absolute atomic E-state index is 0.328. The van der Waals surface area contributed by atoms with E-state index in [1.165, 1.54) is 53.9 Å². The van der Waals surface area contributed by atoms with Gasteiger partial charge in [-0.25, -0.2) is 13.4 Å². The SMILES string of the molecule is CN1CCN(C2CCN(c3ccc(Nc4ncc(Cl)c(Nc5cccc6c5N(S(C)(=O)=O)CC6)n4)c4c3CCO4)CC2)CC1. The Kier molecular flexibility index (Phi) is 7.94. The molecule has 234 valence electrons. The fourth-order valence-electron chi connectivity index (χ4n) is 6.95. The van der Waals surface area contributed by atoms with Crippen LogP contribution in [0.4, 0.5) is 34.5 Å². The van der Waals surface area contributed by atoms with Crippen molar-refractivity contribution in [1.82, 2.24) is 19.8 Å². The molecule has 4 aliphatic heterocycles. The van der Waals surface area contributed by atoms with E-state index in [0.29, 0.717) is 53.8 Å². The Morgan fingerprint density at radius 1 is 0.955 bits per heavy atom. The van der Waals surface area contributed by atoms with E-state index in [9.17, 15) is 8.42 Å². The number of likely N-dealkylation sites (N-methyl/N-ethyl adjacent to an activating group) is 1. The van der Waals surface area contributed by atoms with E-state index < -0.39 is 10.0 Å². The highest BCUT2D eigenvalue weighted by Crippen LogP contribution is 2.43. The third kappa shape index (κ3) is 5.76. The molecule has 2 N–H and O–H groups in total. The van der Waals surface area contributed by atoms with Crippen LogP contribution >= 0.6 is 11.6 Å². The lowest BCUT2D eigenvalue weighted by molar-refractivity contribution is 0.0982. The van der Waals surface area contributed by atoms with Gasteiger partial charge in [0, 0.05) is 69.5 Å². The quantitative estimate of drug-likeness (QED) is 0.393. The van der Waals surface area contributed by atoms with Crippen molar-refractivity contribution < 1.29 is 13.2 Å². The molecule has 0 bridgehead atoms. The predicted molar refractivity (Wildman–Crippen MR) is 176 cm³/mol. The van der Waals surface area contributed by atoms with Gasteiger partial charge in [0.2, 0.25) is 16.0 Å². The zero-order valence-corrected chi connectivity index (χ0v) is 26.8. The van der Waals surface area contributed by atoms with E-state index in [1.54, 1.807) is 0 Å². The Hall–Kier alpha value is -3.32. The number of para-hydroxylation sites is 1. The summed E-state index contributed by atoms with van der Waals surface area (Å²) in [5.74, 6) is 1.60. The second kappa shape index (κ2) is 11.9. The van der Waals surface area contributed by atoms with Gasteiger partial charge in [-0.1, -0.05) is 23.7 Å². The van der Waals surface area contributed by atoms with Gasteiger partial charge in [0.25, 0.3) is 0 Å². The molecule has 13 heteroatoms. The summed E-state index contributed by atoms with van der Waals surface area (Å²) in [7, 11) is -1.21. The summed E-state index contributed by atoms with van der Waals surface area (Å²) in [6.45, 7) is 7.80. The van der Waals surface area contributed by atoms with Crippen molar-refractivity contribution in [2.75, 3.05) is 85.6 Å². The third-order valence-corrected chi connectivity index (χ3v) is 10.7. The average Bonchev–Trinajstić information content (AvgIpc) is 3.69. The fourth-order valence-corrected chi connectivity index (χ4v) is 8.06. The largest absolute Gasteiger partial charge is 0.491 e. The summed E-state index contributed by atoms with van der Waals surface area (Å²) in [6, 6.07) is 10.6. The number of sulfonamides is 1. The Morgan fingerprint density at radius 3 is 2.52 bits per heavy atom. The van der Waals surface area contributed by atoms with E-state index >= 15 is 0 Å². The van der Waals surface area contributed by atoms with E-state index in [2.05, 4.69) is 48.4 Å². The molecule has 2 fully saturated rings. The van der Waals surface area contributed by atoms with Gasteiger partial charge < -0.3 is 25.2 Å². The maximum absolute atomic E-state index is 12.5. The number of nitrogens with one attached hydrogen (secondary N) is 2. The normalized spacial score (nSPS) is 19.5. The Bertz CT molecular complexity index is 1660. The van der Waals surface area contributed by atoms with Crippen molar-refractivity contribution in [3.8, 4) is 5.75 Å². The molecule has 44 heavy (non-hydrogen) atoms. The predicted octanol–water partition coefficient (Wildman–Crippen LogP) is 4.09. The topological polar surface area (TPSA) is 106 Å². The third-order valence-electron chi connectivity index (χ3n) is 9.29. The number of piperazine rings is 1. The first-order valence-electron chi connectivity index (χ1n) is 15.4. The van der Waals surface area contributed by atoms with E-state index in [-0.39, 0.29) is 0 Å². The van der Waals surface area contributed by atoms with Gasteiger partial charge in [-0.2, -0.15) is 4.98 Å². The molecule has 1 aromatic heterocycles. The molecule has 11 nitrogen and oxygen atoms in total. The molecule has 5 heterocycles. The number of hydrogen-bond donors (Lipinski definition) is 2. The fraction of sp³-hybridized carbons (Fsp3) is 0.484. The van der Waals surface area contributed by atoms with Gasteiger partial charge in [0.15, 0.2) is 5.82 Å². The lowest BCUT2D eigenvalue weighted by Gasteiger charge is -2.43. The first-order valence-corrected chi connectivity index (χ1v) is 17.6. The van der Waals surface area contributed by atoms with Crippen molar-refractivity contribution in [3.63, 3.8) is 0 Å². The Labute approximate surface area is 264 Å². The number of halogens is 1. The van der Waals surface area contributed by atoms with Crippen LogP contribution in [0.3, 0.4) is 0 Å². The van der Waals surface area contributed by atoms with Crippen LogP contribution in [-0.2, 0) is 22.9 Å². The molecular formula is C31H39ClN8O3S. The molecule has 0 atom stereocenters. The monoisotopic (exact) mass is 638 g/mol. The van der Waals surface area contributed by atoms with Crippen LogP contribution in [0.25, 0.3) is 0 Å². The van der Waals surface area contributed by atoms with Crippen molar-refractivity contribution in [2.45, 2.75) is 31.7 Å². The van der Waals surface area contributed by atoms with Crippen molar-refractivity contribution in [1.29, 1.82) is 0 Å². The summed E-state index contributed by atoms with van der Waals surface area (Å²) in [6.07, 6.45) is 6.64. The van der Waals surface area contributed by atoms with Crippen LogP contribution in [0.2, 0.25) is 5.02 Å². The number of nitrogens with zero attached hydrogens (tertiary/aromatic N) is 6. The van der Waals surface area contributed by atoms with E-state index in [4.69, 9.17) is 16.3 Å². The maximum atomic E-state index is 12.5. The summed E-state index contributed by atoms with van der Waals surface area (Å²) in [4.78, 5) is 16.7. The summed E-state index contributed by atoms with van der Waals surface area (Å²) >= 11 is 6.51. The van der Waals surface area contributed by atoms with Crippen molar-refractivity contribution in [3.05, 3.63) is 52.7 Å². The Morgan fingerprint density at radius 2 is 1.75 bits per heavy atom. The number of rotatable bonds is 7. The smallest absolute Gasteiger partial charge is 0.232 e. The zero-order valence-electron chi connectivity index (χ0n) is 25.2. The van der Waals surface area contributed by atoms with Crippen LogP contribution in [0.15, 0.2) is 36.5 Å². The van der Waals surface area contributed by atoms with E-state index in [1.807, 2.05) is 24.3 Å². The van der Waals surface area contributed by atoms with Gasteiger partial charge in [-0.05, 0) is 50.1 Å². The minimum Gasteiger partial charge on any atom is -0.491 e. The second-order valence-corrected chi connectivity index (χ2v) is 14.4. The second-order valence-electron chi connectivity index (χ2n) is 12.1. The highest BCUT2D eigenvalue weighted by molar-refractivity contribution is 7.92. The molecular weight excluding hydrogens is 600 g/mol. The zero-order chi connectivity index (χ0) is 30.4. The standard InChI is InChI=1S/C31H39ClN8O3S/c1-37-15-17-38(18-16-37)22-9-12-39(13-10-22)27-7-6-26(29-23(27)11-19-43-29)35-31-33-20-24(32)30(36-31)34-25-5-3-4-21-8-14-40(28(21)25)44(2,41)42/h3-7,20,22H,8-19H2,1-2H3,(H2,33,34,35,36). The molecule has 4 aliphatic rings. The number of benzene rings is 2. The molecule has 2 saturated heterocycles. The van der Waals surface area contributed by atoms with Gasteiger partial charge in [-0.3, -0.25) is 9.21 Å². The van der Waals surface area contributed by atoms with Gasteiger partial charge >= 0.3 is 0 Å². The maximum Gasteiger partial charge on any atom is 0.232 e. The summed E-state index contributed by atoms with van der Waals surface area (Å²) in [5.41, 5.74) is 5.51. The number of piperidine rings is 1. The summed E-state index contributed by atoms with van der Waals surface area (Å²) in [5, 5.41) is 6.93. The van der Waals surface area contributed by atoms with E-state index in [0.717, 1.165) is 49.6 Å². The number of anilines is 6. The number of ether oxygens (including phenoxy) is 1. The molecule has 2 aromatic carbocycles. The molecule has 0 radical (unpaired) electrons. The van der Waals surface area contributed by atoms with Crippen molar-refractivity contribution in [2.24, 2.45) is 0 Å². The molecule has 7 rings (SSSR count). The molecule has 0 unspecified atom stereocenters. The minimum atomic E-state index is -3.42. The molecule has 0 saturated carbocycles. The summed E-state index contributed by atoms with van der Waals surface area (Å²) < 4.78 is 32.5. The lowest BCUT2D eigenvalue weighted by atomic mass is 9.99. The molecule has 3 aromatic rings. The first kappa shape index (κ1) is 29.4. The highest BCUT2D eigenvalue weighted by atomic mass is 35.5. The van der Waals surface area contributed by atoms with Crippen LogP contribution < -0.4 is 24.6 Å². The number of hydrogen-bond acceptors (Lipinski definition) is 10. The van der Waals surface area contributed by atoms with Gasteiger partial charge in [-0.15, -0.1) is 0 Å².